The van der Waals surface area contributed by atoms with E-state index in [0.717, 1.165) is 0 Å². The molecule has 0 aromatic carbocycles. The van der Waals surface area contributed by atoms with Crippen LogP contribution in [0.1, 0.15) is 48.0 Å². The Balaban J connectivity index is 4.73. The van der Waals surface area contributed by atoms with E-state index in [0.29, 0.717) is 6.42 Å². The van der Waals surface area contributed by atoms with Gasteiger partial charge in [-0.25, -0.2) is 14.6 Å². The molecule has 0 fully saturated rings. The first-order chi connectivity index (χ1) is 9.94. The standard InChI is InChI=1S/C15H26N2O5/c1-14(2,3)21-12(19)10-17(9-7-8-16-11-18)13(20)22-15(4,5)6/h7-10H2,1-6H3. The van der Waals surface area contributed by atoms with Crippen LogP contribution < -0.4 is 0 Å². The minimum absolute atomic E-state index is 0.211. The van der Waals surface area contributed by atoms with Crippen molar-refractivity contribution in [2.75, 3.05) is 19.6 Å². The quantitative estimate of drug-likeness (QED) is 0.325. The zero-order valence-electron chi connectivity index (χ0n) is 14.3. The van der Waals surface area contributed by atoms with Crippen molar-refractivity contribution in [2.24, 2.45) is 4.99 Å². The summed E-state index contributed by atoms with van der Waals surface area (Å²) in [5.74, 6) is -0.516. The van der Waals surface area contributed by atoms with Crippen molar-refractivity contribution < 1.29 is 23.9 Å². The molecule has 0 N–H and O–H groups in total. The van der Waals surface area contributed by atoms with Crippen molar-refractivity contribution in [2.45, 2.75) is 59.2 Å². The van der Waals surface area contributed by atoms with E-state index in [1.165, 1.54) is 11.0 Å². The van der Waals surface area contributed by atoms with E-state index in [1.807, 2.05) is 0 Å². The van der Waals surface area contributed by atoms with E-state index in [2.05, 4.69) is 4.99 Å². The summed E-state index contributed by atoms with van der Waals surface area (Å²) in [5.41, 5.74) is -1.29. The summed E-state index contributed by atoms with van der Waals surface area (Å²) >= 11 is 0. The molecule has 0 radical (unpaired) electrons. The molecule has 0 heterocycles. The second-order valence-corrected chi connectivity index (χ2v) is 6.81. The van der Waals surface area contributed by atoms with Crippen LogP contribution in [0.15, 0.2) is 4.99 Å². The molecule has 0 unspecified atom stereocenters. The summed E-state index contributed by atoms with van der Waals surface area (Å²) in [6.07, 6.45) is 1.25. The van der Waals surface area contributed by atoms with E-state index in [4.69, 9.17) is 9.47 Å². The zero-order valence-corrected chi connectivity index (χ0v) is 14.3. The molecule has 126 valence electrons. The molecule has 7 heteroatoms. The van der Waals surface area contributed by atoms with Gasteiger partial charge in [-0.1, -0.05) is 0 Å². The molecule has 0 aromatic heterocycles. The number of isocyanates is 1. The molecule has 7 nitrogen and oxygen atoms in total. The van der Waals surface area contributed by atoms with Gasteiger partial charge >= 0.3 is 12.1 Å². The maximum absolute atomic E-state index is 12.1. The second kappa shape index (κ2) is 8.54. The number of esters is 1. The average Bonchev–Trinajstić information content (AvgIpc) is 2.28. The predicted molar refractivity (Wildman–Crippen MR) is 81.3 cm³/mol. The molecule has 0 atom stereocenters. The highest BCUT2D eigenvalue weighted by atomic mass is 16.6. The van der Waals surface area contributed by atoms with Gasteiger partial charge in [-0.2, -0.15) is 0 Å². The van der Waals surface area contributed by atoms with Gasteiger partial charge in [-0.3, -0.25) is 9.69 Å². The summed E-state index contributed by atoms with van der Waals surface area (Å²) in [5, 5.41) is 0. The van der Waals surface area contributed by atoms with Crippen LogP contribution in [0.5, 0.6) is 0 Å². The number of hydrogen-bond donors (Lipinski definition) is 0. The number of ether oxygens (including phenoxy) is 2. The Kier molecular flexibility index (Phi) is 7.81. The Bertz CT molecular complexity index is 428. The molecule has 22 heavy (non-hydrogen) atoms. The van der Waals surface area contributed by atoms with Crippen LogP contribution in [0.3, 0.4) is 0 Å². The summed E-state index contributed by atoms with van der Waals surface area (Å²) in [4.78, 5) is 38.7. The number of carbonyl (C=O) groups excluding carboxylic acids is 3. The molecule has 0 spiro atoms. The lowest BCUT2D eigenvalue weighted by molar-refractivity contribution is -0.156. The van der Waals surface area contributed by atoms with E-state index >= 15 is 0 Å². The summed E-state index contributed by atoms with van der Waals surface area (Å²) in [6, 6.07) is 0. The zero-order chi connectivity index (χ0) is 17.4. The third kappa shape index (κ3) is 10.9. The van der Waals surface area contributed by atoms with E-state index in [-0.39, 0.29) is 19.6 Å². The Morgan fingerprint density at radius 1 is 1.05 bits per heavy atom. The number of amides is 1. The number of rotatable bonds is 6. The molecule has 0 aliphatic heterocycles. The van der Waals surface area contributed by atoms with Gasteiger partial charge in [0.05, 0.1) is 6.54 Å². The maximum Gasteiger partial charge on any atom is 0.410 e. The van der Waals surface area contributed by atoms with Gasteiger partial charge in [0, 0.05) is 6.54 Å². The highest BCUT2D eigenvalue weighted by Crippen LogP contribution is 2.12. The first-order valence-corrected chi connectivity index (χ1v) is 7.18. The van der Waals surface area contributed by atoms with Gasteiger partial charge in [0.1, 0.15) is 17.7 Å². The van der Waals surface area contributed by atoms with Gasteiger partial charge in [0.2, 0.25) is 6.08 Å². The molecule has 0 aliphatic rings. The van der Waals surface area contributed by atoms with Crippen LogP contribution in [0, 0.1) is 0 Å². The van der Waals surface area contributed by atoms with E-state index in [1.54, 1.807) is 41.5 Å². The second-order valence-electron chi connectivity index (χ2n) is 6.81. The fraction of sp³-hybridized carbons (Fsp3) is 0.800. The third-order valence-electron chi connectivity index (χ3n) is 2.15. The molecule has 0 saturated carbocycles. The van der Waals surface area contributed by atoms with Gasteiger partial charge < -0.3 is 9.47 Å². The van der Waals surface area contributed by atoms with Crippen molar-refractivity contribution in [1.82, 2.24) is 4.90 Å². The lowest BCUT2D eigenvalue weighted by atomic mass is 10.2. The highest BCUT2D eigenvalue weighted by molar-refractivity contribution is 5.78. The van der Waals surface area contributed by atoms with Crippen LogP contribution in [0.4, 0.5) is 4.79 Å². The molecule has 0 saturated heterocycles. The molecular weight excluding hydrogens is 288 g/mol. The molecule has 1 amide bonds. The van der Waals surface area contributed by atoms with Gasteiger partial charge in [0.15, 0.2) is 0 Å². The van der Waals surface area contributed by atoms with Crippen molar-refractivity contribution >= 4 is 18.1 Å². The smallest absolute Gasteiger partial charge is 0.410 e. The predicted octanol–water partition coefficient (Wildman–Crippen LogP) is 2.29. The summed E-state index contributed by atoms with van der Waals surface area (Å²) < 4.78 is 10.5. The summed E-state index contributed by atoms with van der Waals surface area (Å²) in [6.45, 7) is 10.7. The van der Waals surface area contributed by atoms with E-state index < -0.39 is 23.3 Å². The van der Waals surface area contributed by atoms with Gasteiger partial charge in [0.25, 0.3) is 0 Å². The first kappa shape index (κ1) is 20.1. The average molecular weight is 314 g/mol. The Hall–Kier alpha value is -1.88. The monoisotopic (exact) mass is 314 g/mol. The Morgan fingerprint density at radius 2 is 1.59 bits per heavy atom. The lowest BCUT2D eigenvalue weighted by Crippen LogP contribution is -2.42. The van der Waals surface area contributed by atoms with Crippen LogP contribution >= 0.6 is 0 Å². The first-order valence-electron chi connectivity index (χ1n) is 7.18. The van der Waals surface area contributed by atoms with Crippen LogP contribution in [0.25, 0.3) is 0 Å². The number of hydrogen-bond acceptors (Lipinski definition) is 6. The van der Waals surface area contributed by atoms with Crippen molar-refractivity contribution in [3.8, 4) is 0 Å². The third-order valence-corrected chi connectivity index (χ3v) is 2.15. The molecule has 0 bridgehead atoms. The highest BCUT2D eigenvalue weighted by Gasteiger charge is 2.26. The fourth-order valence-electron chi connectivity index (χ4n) is 1.48. The van der Waals surface area contributed by atoms with Gasteiger partial charge in [-0.05, 0) is 48.0 Å². The number of aliphatic imine (C=N–C) groups is 1. The van der Waals surface area contributed by atoms with Crippen LogP contribution in [0.2, 0.25) is 0 Å². The summed E-state index contributed by atoms with van der Waals surface area (Å²) in [7, 11) is 0. The van der Waals surface area contributed by atoms with E-state index in [9.17, 15) is 14.4 Å². The van der Waals surface area contributed by atoms with Crippen molar-refractivity contribution in [3.63, 3.8) is 0 Å². The number of nitrogens with zero attached hydrogens (tertiary/aromatic N) is 2. The van der Waals surface area contributed by atoms with Crippen molar-refractivity contribution in [1.29, 1.82) is 0 Å². The minimum atomic E-state index is -0.662. The lowest BCUT2D eigenvalue weighted by Gasteiger charge is -2.28. The van der Waals surface area contributed by atoms with Crippen molar-refractivity contribution in [3.05, 3.63) is 0 Å². The largest absolute Gasteiger partial charge is 0.459 e. The molecule has 0 aromatic rings. The normalized spacial score (nSPS) is 11.4. The van der Waals surface area contributed by atoms with Gasteiger partial charge in [-0.15, -0.1) is 0 Å². The van der Waals surface area contributed by atoms with Crippen LogP contribution in [-0.2, 0) is 19.1 Å². The topological polar surface area (TPSA) is 85.3 Å². The molecule has 0 aliphatic carbocycles. The fourth-order valence-corrected chi connectivity index (χ4v) is 1.48. The Morgan fingerprint density at radius 3 is 2.05 bits per heavy atom. The Labute approximate surface area is 131 Å². The number of carbonyl (C=O) groups is 2. The van der Waals surface area contributed by atoms with Crippen LogP contribution in [-0.4, -0.2) is 53.9 Å². The maximum atomic E-state index is 12.1. The molecule has 0 rings (SSSR count). The SMILES string of the molecule is CC(C)(C)OC(=O)CN(CCCN=C=O)C(=O)OC(C)(C)C. The molecular formula is C15H26N2O5. The minimum Gasteiger partial charge on any atom is -0.459 e.